The Morgan fingerprint density at radius 3 is 3.00 bits per heavy atom. The smallest absolute Gasteiger partial charge is 0.180 e. The van der Waals surface area contributed by atoms with Crippen molar-refractivity contribution in [1.29, 1.82) is 0 Å². The molecule has 1 aliphatic rings. The number of rotatable bonds is 3. The first-order valence-corrected chi connectivity index (χ1v) is 8.87. The first kappa shape index (κ1) is 14.1. The summed E-state index contributed by atoms with van der Waals surface area (Å²) in [6.45, 7) is 5.15. The van der Waals surface area contributed by atoms with Crippen LogP contribution < -0.4 is 10.2 Å². The zero-order valence-electron chi connectivity index (χ0n) is 12.2. The number of anilines is 2. The number of fused-ring (bicyclic) bond motifs is 1. The van der Waals surface area contributed by atoms with Crippen LogP contribution in [0.15, 0.2) is 18.6 Å². The van der Waals surface area contributed by atoms with Crippen LogP contribution in [0.4, 0.5) is 11.6 Å². The van der Waals surface area contributed by atoms with Crippen LogP contribution in [-0.2, 0) is 9.84 Å². The first-order valence-electron chi connectivity index (χ1n) is 7.05. The van der Waals surface area contributed by atoms with E-state index < -0.39 is 9.84 Å². The zero-order valence-corrected chi connectivity index (χ0v) is 13.0. The molecule has 3 rings (SSSR count). The number of aromatic nitrogens is 3. The lowest BCUT2D eigenvalue weighted by Crippen LogP contribution is -2.47. The summed E-state index contributed by atoms with van der Waals surface area (Å²) in [7, 11) is -2.95. The van der Waals surface area contributed by atoms with Crippen molar-refractivity contribution in [2.24, 2.45) is 0 Å². The maximum atomic E-state index is 11.7. The lowest BCUT2D eigenvalue weighted by Gasteiger charge is -2.34. The number of sulfone groups is 1. The predicted octanol–water partition coefficient (Wildman–Crippen LogP) is 0.784. The minimum atomic E-state index is -2.95. The topological polar surface area (TPSA) is 79.6 Å². The Morgan fingerprint density at radius 2 is 2.29 bits per heavy atom. The molecule has 1 atom stereocenters. The molecule has 1 unspecified atom stereocenters. The molecule has 0 aromatic carbocycles. The van der Waals surface area contributed by atoms with Gasteiger partial charge < -0.3 is 14.6 Å². The Morgan fingerprint density at radius 1 is 1.48 bits per heavy atom. The van der Waals surface area contributed by atoms with Gasteiger partial charge >= 0.3 is 0 Å². The van der Waals surface area contributed by atoms with Crippen molar-refractivity contribution in [1.82, 2.24) is 14.4 Å². The van der Waals surface area contributed by atoms with Crippen LogP contribution in [0.5, 0.6) is 0 Å². The number of nitrogens with one attached hydrogen (secondary N) is 1. The molecule has 0 spiro atoms. The summed E-state index contributed by atoms with van der Waals surface area (Å²) < 4.78 is 25.4. The van der Waals surface area contributed by atoms with Gasteiger partial charge in [0.25, 0.3) is 0 Å². The maximum Gasteiger partial charge on any atom is 0.180 e. The van der Waals surface area contributed by atoms with Gasteiger partial charge in [0.05, 0.1) is 17.7 Å². The van der Waals surface area contributed by atoms with Crippen molar-refractivity contribution >= 4 is 27.1 Å². The number of nitrogens with zero attached hydrogens (tertiary/aromatic N) is 4. The molecule has 21 heavy (non-hydrogen) atoms. The fraction of sp³-hybridized carbons (Fsp3) is 0.538. The zero-order chi connectivity index (χ0) is 15.0. The molecule has 0 saturated carbocycles. The average molecular weight is 309 g/mol. The fourth-order valence-electron chi connectivity index (χ4n) is 2.69. The van der Waals surface area contributed by atoms with Gasteiger partial charge in [0, 0.05) is 31.5 Å². The average Bonchev–Trinajstić information content (AvgIpc) is 2.85. The molecule has 2 aromatic rings. The van der Waals surface area contributed by atoms with Gasteiger partial charge in [-0.1, -0.05) is 0 Å². The van der Waals surface area contributed by atoms with Crippen molar-refractivity contribution in [2.45, 2.75) is 19.9 Å². The quantitative estimate of drug-likeness (QED) is 0.903. The summed E-state index contributed by atoms with van der Waals surface area (Å²) >= 11 is 0. The van der Waals surface area contributed by atoms with E-state index in [0.717, 1.165) is 23.8 Å². The second-order valence-electron chi connectivity index (χ2n) is 5.29. The first-order chi connectivity index (χ1) is 10.00. The predicted molar refractivity (Wildman–Crippen MR) is 82.6 cm³/mol. The standard InChI is InChI=1S/C13H19N5O2S/c1-3-14-11-8-17-5-4-15-12(17)13(16-11)18-6-7-21(19,20)9-10(18)2/h4-5,8,10,14H,3,6-7,9H2,1-2H3. The van der Waals surface area contributed by atoms with Gasteiger partial charge in [0.1, 0.15) is 5.82 Å². The van der Waals surface area contributed by atoms with E-state index in [1.165, 1.54) is 0 Å². The lowest BCUT2D eigenvalue weighted by molar-refractivity contribution is 0.567. The second-order valence-corrected chi connectivity index (χ2v) is 7.52. The molecule has 8 heteroatoms. The summed E-state index contributed by atoms with van der Waals surface area (Å²) in [5, 5.41) is 3.20. The minimum Gasteiger partial charge on any atom is -0.369 e. The minimum absolute atomic E-state index is 0.103. The van der Waals surface area contributed by atoms with E-state index in [4.69, 9.17) is 0 Å². The van der Waals surface area contributed by atoms with Gasteiger partial charge in [0.15, 0.2) is 21.3 Å². The molecule has 0 aliphatic carbocycles. The molecule has 2 aromatic heterocycles. The van der Waals surface area contributed by atoms with Gasteiger partial charge in [-0.3, -0.25) is 0 Å². The maximum absolute atomic E-state index is 11.7. The van der Waals surface area contributed by atoms with E-state index in [1.54, 1.807) is 6.20 Å². The van der Waals surface area contributed by atoms with Crippen LogP contribution in [0.25, 0.3) is 5.65 Å². The molecule has 0 bridgehead atoms. The van der Waals surface area contributed by atoms with Crippen LogP contribution in [0.3, 0.4) is 0 Å². The molecule has 1 fully saturated rings. The van der Waals surface area contributed by atoms with Gasteiger partial charge in [-0.15, -0.1) is 0 Å². The van der Waals surface area contributed by atoms with Crippen LogP contribution in [0.2, 0.25) is 0 Å². The van der Waals surface area contributed by atoms with Crippen molar-refractivity contribution in [3.63, 3.8) is 0 Å². The van der Waals surface area contributed by atoms with Crippen molar-refractivity contribution in [3.05, 3.63) is 18.6 Å². The fourth-order valence-corrected chi connectivity index (χ4v) is 4.24. The lowest BCUT2D eigenvalue weighted by atomic mass is 10.3. The Hall–Kier alpha value is -1.83. The van der Waals surface area contributed by atoms with Gasteiger partial charge in [-0.2, -0.15) is 0 Å². The molecule has 7 nitrogen and oxygen atoms in total. The van der Waals surface area contributed by atoms with E-state index in [1.807, 2.05) is 35.5 Å². The Labute approximate surface area is 123 Å². The normalized spacial score (nSPS) is 21.6. The van der Waals surface area contributed by atoms with Crippen LogP contribution in [-0.4, -0.2) is 53.4 Å². The second kappa shape index (κ2) is 5.18. The highest BCUT2D eigenvalue weighted by Gasteiger charge is 2.30. The van der Waals surface area contributed by atoms with Gasteiger partial charge in [-0.25, -0.2) is 18.4 Å². The highest BCUT2D eigenvalue weighted by Crippen LogP contribution is 2.25. The molecule has 0 radical (unpaired) electrons. The SMILES string of the molecule is CCNc1cn2ccnc2c(N2CCS(=O)(=O)CC2C)n1. The van der Waals surface area contributed by atoms with E-state index in [2.05, 4.69) is 15.3 Å². The largest absolute Gasteiger partial charge is 0.369 e. The third-order valence-corrected chi connectivity index (χ3v) is 5.45. The number of hydrogen-bond acceptors (Lipinski definition) is 6. The van der Waals surface area contributed by atoms with Gasteiger partial charge in [-0.05, 0) is 13.8 Å². The summed E-state index contributed by atoms with van der Waals surface area (Å²) in [5.41, 5.74) is 0.753. The van der Waals surface area contributed by atoms with Crippen LogP contribution in [0, 0.1) is 0 Å². The molecule has 0 amide bonds. The monoisotopic (exact) mass is 309 g/mol. The van der Waals surface area contributed by atoms with E-state index in [9.17, 15) is 8.42 Å². The van der Waals surface area contributed by atoms with E-state index in [0.29, 0.717) is 6.54 Å². The third-order valence-electron chi connectivity index (χ3n) is 3.66. The summed E-state index contributed by atoms with van der Waals surface area (Å²) in [5.74, 6) is 1.82. The van der Waals surface area contributed by atoms with Crippen LogP contribution in [0.1, 0.15) is 13.8 Å². The molecule has 1 N–H and O–H groups in total. The molecule has 1 aliphatic heterocycles. The Balaban J connectivity index is 2.04. The summed E-state index contributed by atoms with van der Waals surface area (Å²) in [4.78, 5) is 11.0. The van der Waals surface area contributed by atoms with E-state index in [-0.39, 0.29) is 17.5 Å². The Bertz CT molecular complexity index is 755. The molecule has 3 heterocycles. The molecule has 1 saturated heterocycles. The van der Waals surface area contributed by atoms with Crippen molar-refractivity contribution in [2.75, 3.05) is 34.8 Å². The Kier molecular flexibility index (Phi) is 3.48. The highest BCUT2D eigenvalue weighted by molar-refractivity contribution is 7.91. The molecule has 114 valence electrons. The van der Waals surface area contributed by atoms with Crippen LogP contribution >= 0.6 is 0 Å². The van der Waals surface area contributed by atoms with Crippen molar-refractivity contribution < 1.29 is 8.42 Å². The summed E-state index contributed by atoms with van der Waals surface area (Å²) in [6.07, 6.45) is 5.48. The third kappa shape index (κ3) is 2.67. The number of imidazole rings is 1. The van der Waals surface area contributed by atoms with Gasteiger partial charge in [0.2, 0.25) is 0 Å². The van der Waals surface area contributed by atoms with E-state index >= 15 is 0 Å². The molecular weight excluding hydrogens is 290 g/mol. The highest BCUT2D eigenvalue weighted by atomic mass is 32.2. The molecular formula is C13H19N5O2S. The number of hydrogen-bond donors (Lipinski definition) is 1. The van der Waals surface area contributed by atoms with Crippen molar-refractivity contribution in [3.8, 4) is 0 Å². The summed E-state index contributed by atoms with van der Waals surface area (Å²) in [6, 6.07) is -0.103.